The molecule has 0 saturated carbocycles. The molecule has 4 aromatic rings. The second-order valence-corrected chi connectivity index (χ2v) is 9.10. The van der Waals surface area contributed by atoms with Gasteiger partial charge in [-0.1, -0.05) is 48.5 Å². The van der Waals surface area contributed by atoms with Crippen LogP contribution in [0.1, 0.15) is 18.4 Å². The summed E-state index contributed by atoms with van der Waals surface area (Å²) < 4.78 is 19.4. The van der Waals surface area contributed by atoms with Crippen LogP contribution in [0.15, 0.2) is 66.7 Å². The van der Waals surface area contributed by atoms with Gasteiger partial charge in [0.15, 0.2) is 5.82 Å². The Hall–Kier alpha value is -3.88. The molecule has 7 nitrogen and oxygen atoms in total. The fraction of sp³-hybridized carbons (Fsp3) is 0.276. The standard InChI is InChI=1S/C29H29FN4O3/c30-23-11-12-26-25(18-23)29(31-13-3-6-27(35)36)33-28(32-26)21-9-7-20(8-10-21)24-5-2-1-4-22(24)19-34-14-16-37-17-15-34/h1-2,4-5,7-12,18H,3,6,13-17,19H2,(H,35,36)(H,31,32,33). The molecule has 0 atom stereocenters. The van der Waals surface area contributed by atoms with Gasteiger partial charge in [-0.3, -0.25) is 9.69 Å². The zero-order chi connectivity index (χ0) is 25.6. The van der Waals surface area contributed by atoms with Crippen molar-refractivity contribution in [1.82, 2.24) is 14.9 Å². The molecule has 0 aliphatic carbocycles. The summed E-state index contributed by atoms with van der Waals surface area (Å²) in [6.07, 6.45) is 0.482. The highest BCUT2D eigenvalue weighted by molar-refractivity contribution is 5.90. The third-order valence-corrected chi connectivity index (χ3v) is 6.49. The smallest absolute Gasteiger partial charge is 0.303 e. The fourth-order valence-electron chi connectivity index (χ4n) is 4.55. The highest BCUT2D eigenvalue weighted by Gasteiger charge is 2.15. The first-order chi connectivity index (χ1) is 18.1. The van der Waals surface area contributed by atoms with E-state index in [0.717, 1.165) is 44.0 Å². The number of fused-ring (bicyclic) bond motifs is 1. The number of halogens is 1. The number of aliphatic carboxylic acids is 1. The molecule has 2 heterocycles. The van der Waals surface area contributed by atoms with Crippen LogP contribution in [0.3, 0.4) is 0 Å². The number of nitrogens with one attached hydrogen (secondary N) is 1. The summed E-state index contributed by atoms with van der Waals surface area (Å²) in [4.78, 5) is 22.6. The minimum Gasteiger partial charge on any atom is -0.481 e. The van der Waals surface area contributed by atoms with E-state index in [-0.39, 0.29) is 12.2 Å². The molecule has 8 heteroatoms. The summed E-state index contributed by atoms with van der Waals surface area (Å²) in [5, 5.41) is 12.6. The minimum atomic E-state index is -0.854. The molecule has 1 aliphatic heterocycles. The van der Waals surface area contributed by atoms with E-state index in [9.17, 15) is 9.18 Å². The molecular weight excluding hydrogens is 471 g/mol. The first kappa shape index (κ1) is 24.8. The molecule has 37 heavy (non-hydrogen) atoms. The molecule has 2 N–H and O–H groups in total. The Morgan fingerprint density at radius 2 is 1.76 bits per heavy atom. The monoisotopic (exact) mass is 500 g/mol. The van der Waals surface area contributed by atoms with Gasteiger partial charge in [-0.2, -0.15) is 0 Å². The second-order valence-electron chi connectivity index (χ2n) is 9.10. The lowest BCUT2D eigenvalue weighted by molar-refractivity contribution is -0.137. The first-order valence-electron chi connectivity index (χ1n) is 12.5. The van der Waals surface area contributed by atoms with Crippen molar-refractivity contribution in [3.05, 3.63) is 78.1 Å². The number of nitrogens with zero attached hydrogens (tertiary/aromatic N) is 3. The van der Waals surface area contributed by atoms with Crippen LogP contribution in [-0.2, 0) is 16.1 Å². The number of anilines is 1. The van der Waals surface area contributed by atoms with Crippen molar-refractivity contribution in [1.29, 1.82) is 0 Å². The molecule has 0 unspecified atom stereocenters. The molecule has 1 saturated heterocycles. The molecule has 0 spiro atoms. The number of carbonyl (C=O) groups is 1. The molecule has 5 rings (SSSR count). The van der Waals surface area contributed by atoms with E-state index < -0.39 is 5.97 Å². The Balaban J connectivity index is 1.41. The summed E-state index contributed by atoms with van der Waals surface area (Å²) in [6, 6.07) is 21.0. The zero-order valence-corrected chi connectivity index (χ0v) is 20.5. The summed E-state index contributed by atoms with van der Waals surface area (Å²) in [5.41, 5.74) is 5.04. The number of benzene rings is 3. The van der Waals surface area contributed by atoms with Crippen LogP contribution in [0, 0.1) is 5.82 Å². The number of hydrogen-bond donors (Lipinski definition) is 2. The Morgan fingerprint density at radius 1 is 1.00 bits per heavy atom. The average Bonchev–Trinajstić information content (AvgIpc) is 2.92. The Morgan fingerprint density at radius 3 is 2.54 bits per heavy atom. The maximum Gasteiger partial charge on any atom is 0.303 e. The van der Waals surface area contributed by atoms with Gasteiger partial charge in [0, 0.05) is 43.5 Å². The highest BCUT2D eigenvalue weighted by atomic mass is 19.1. The van der Waals surface area contributed by atoms with E-state index in [1.165, 1.54) is 23.3 Å². The van der Waals surface area contributed by atoms with Gasteiger partial charge in [0.1, 0.15) is 11.6 Å². The van der Waals surface area contributed by atoms with Gasteiger partial charge in [0.05, 0.1) is 18.7 Å². The first-order valence-corrected chi connectivity index (χ1v) is 12.5. The predicted molar refractivity (Wildman–Crippen MR) is 142 cm³/mol. The van der Waals surface area contributed by atoms with Crippen LogP contribution in [0.4, 0.5) is 10.2 Å². The Labute approximate surface area is 214 Å². The van der Waals surface area contributed by atoms with E-state index in [1.54, 1.807) is 6.07 Å². The molecule has 1 fully saturated rings. The minimum absolute atomic E-state index is 0.0473. The normalized spacial score (nSPS) is 14.1. The zero-order valence-electron chi connectivity index (χ0n) is 20.5. The number of ether oxygens (including phenoxy) is 1. The van der Waals surface area contributed by atoms with Gasteiger partial charge >= 0.3 is 5.97 Å². The summed E-state index contributed by atoms with van der Waals surface area (Å²) in [7, 11) is 0. The SMILES string of the molecule is O=C(O)CCCNc1nc(-c2ccc(-c3ccccc3CN3CCOCC3)cc2)nc2ccc(F)cc12. The van der Waals surface area contributed by atoms with Crippen LogP contribution in [0.2, 0.25) is 0 Å². The maximum absolute atomic E-state index is 14.0. The van der Waals surface area contributed by atoms with Crippen molar-refractivity contribution >= 4 is 22.7 Å². The molecule has 190 valence electrons. The second kappa shape index (κ2) is 11.5. The lowest BCUT2D eigenvalue weighted by Gasteiger charge is -2.27. The third-order valence-electron chi connectivity index (χ3n) is 6.49. The number of carboxylic acids is 1. The van der Waals surface area contributed by atoms with Gasteiger partial charge in [-0.25, -0.2) is 14.4 Å². The summed E-state index contributed by atoms with van der Waals surface area (Å²) in [5.74, 6) is -0.219. The highest BCUT2D eigenvalue weighted by Crippen LogP contribution is 2.29. The molecule has 0 radical (unpaired) electrons. The quantitative estimate of drug-likeness (QED) is 0.305. The predicted octanol–water partition coefficient (Wildman–Crippen LogP) is 5.21. The number of hydrogen-bond acceptors (Lipinski definition) is 6. The van der Waals surface area contributed by atoms with Gasteiger partial charge in [0.2, 0.25) is 0 Å². The topological polar surface area (TPSA) is 87.6 Å². The van der Waals surface area contributed by atoms with E-state index >= 15 is 0 Å². The summed E-state index contributed by atoms with van der Waals surface area (Å²) >= 11 is 0. The number of morpholine rings is 1. The maximum atomic E-state index is 14.0. The Kier molecular flexibility index (Phi) is 7.67. The molecule has 1 aromatic heterocycles. The average molecular weight is 501 g/mol. The van der Waals surface area contributed by atoms with E-state index in [1.807, 2.05) is 12.1 Å². The molecule has 0 amide bonds. The number of rotatable bonds is 9. The Bertz CT molecular complexity index is 1390. The van der Waals surface area contributed by atoms with Crippen LogP contribution < -0.4 is 5.32 Å². The van der Waals surface area contributed by atoms with Crippen molar-refractivity contribution in [2.75, 3.05) is 38.2 Å². The fourth-order valence-corrected chi connectivity index (χ4v) is 4.55. The van der Waals surface area contributed by atoms with Crippen LogP contribution in [-0.4, -0.2) is 58.8 Å². The summed E-state index contributed by atoms with van der Waals surface area (Å²) in [6.45, 7) is 4.69. The van der Waals surface area contributed by atoms with E-state index in [4.69, 9.17) is 9.84 Å². The van der Waals surface area contributed by atoms with E-state index in [0.29, 0.717) is 35.5 Å². The van der Waals surface area contributed by atoms with Crippen molar-refractivity contribution in [3.8, 4) is 22.5 Å². The van der Waals surface area contributed by atoms with Crippen LogP contribution in [0.25, 0.3) is 33.4 Å². The van der Waals surface area contributed by atoms with Crippen molar-refractivity contribution in [2.45, 2.75) is 19.4 Å². The number of carboxylic acid groups (broad SMARTS) is 1. The van der Waals surface area contributed by atoms with Crippen LogP contribution in [0.5, 0.6) is 0 Å². The van der Waals surface area contributed by atoms with E-state index in [2.05, 4.69) is 56.6 Å². The van der Waals surface area contributed by atoms with Gasteiger partial charge in [-0.05, 0) is 41.3 Å². The molecule has 1 aliphatic rings. The molecule has 0 bridgehead atoms. The van der Waals surface area contributed by atoms with Crippen molar-refractivity contribution in [3.63, 3.8) is 0 Å². The molecule has 3 aromatic carbocycles. The van der Waals surface area contributed by atoms with Crippen LogP contribution >= 0.6 is 0 Å². The van der Waals surface area contributed by atoms with Gasteiger partial charge < -0.3 is 15.2 Å². The lowest BCUT2D eigenvalue weighted by atomic mass is 9.98. The lowest BCUT2D eigenvalue weighted by Crippen LogP contribution is -2.35. The van der Waals surface area contributed by atoms with Gasteiger partial charge in [-0.15, -0.1) is 0 Å². The molecular formula is C29H29FN4O3. The number of aromatic nitrogens is 2. The third kappa shape index (κ3) is 6.10. The van der Waals surface area contributed by atoms with Crippen molar-refractivity contribution < 1.29 is 19.0 Å². The van der Waals surface area contributed by atoms with Crippen molar-refractivity contribution in [2.24, 2.45) is 0 Å². The largest absolute Gasteiger partial charge is 0.481 e. The van der Waals surface area contributed by atoms with Gasteiger partial charge in [0.25, 0.3) is 0 Å².